The molecule has 0 aliphatic rings. The van der Waals surface area contributed by atoms with Crippen LogP contribution in [0.5, 0.6) is 5.75 Å². The Morgan fingerprint density at radius 3 is 2.62 bits per heavy atom. The van der Waals surface area contributed by atoms with Crippen molar-refractivity contribution in [2.45, 2.75) is 39.8 Å². The van der Waals surface area contributed by atoms with Crippen LogP contribution in [0.4, 0.5) is 5.69 Å². The van der Waals surface area contributed by atoms with Gasteiger partial charge in [0.1, 0.15) is 5.75 Å². The summed E-state index contributed by atoms with van der Waals surface area (Å²) in [6.07, 6.45) is 3.94. The normalized spacial score (nSPS) is 11.5. The van der Waals surface area contributed by atoms with Gasteiger partial charge < -0.3 is 10.1 Å². The first-order valence-electron chi connectivity index (χ1n) is 6.93. The van der Waals surface area contributed by atoms with Crippen LogP contribution in [0.15, 0.2) is 24.5 Å². The maximum Gasteiger partial charge on any atom is 0.143 e. The lowest BCUT2D eigenvalue weighted by atomic mass is 10.1. The van der Waals surface area contributed by atoms with Crippen molar-refractivity contribution < 1.29 is 4.74 Å². The summed E-state index contributed by atoms with van der Waals surface area (Å²) in [4.78, 5) is 0. The van der Waals surface area contributed by atoms with E-state index in [9.17, 15) is 0 Å². The molecule has 0 radical (unpaired) electrons. The molecule has 0 amide bonds. The number of rotatable bonds is 4. The van der Waals surface area contributed by atoms with Crippen molar-refractivity contribution in [1.29, 1.82) is 0 Å². The molecule has 1 aromatic carbocycles. The van der Waals surface area contributed by atoms with Crippen molar-refractivity contribution in [3.05, 3.63) is 40.7 Å². The van der Waals surface area contributed by atoms with Crippen LogP contribution in [0.3, 0.4) is 0 Å². The number of aryl methyl sites for hydroxylation is 1. The predicted octanol–water partition coefficient (Wildman–Crippen LogP) is 4.22. The van der Waals surface area contributed by atoms with Crippen molar-refractivity contribution in [3.8, 4) is 5.75 Å². The lowest BCUT2D eigenvalue weighted by Gasteiger charge is -2.18. The number of aromatic nitrogens is 2. The second kappa shape index (κ2) is 5.98. The minimum atomic E-state index is -0.00714. The maximum absolute atomic E-state index is 6.11. The summed E-state index contributed by atoms with van der Waals surface area (Å²) in [5.41, 5.74) is 3.07. The predicted molar refractivity (Wildman–Crippen MR) is 87.3 cm³/mol. The molecular weight excluding hydrogens is 286 g/mol. The third kappa shape index (κ3) is 3.70. The van der Waals surface area contributed by atoms with Crippen molar-refractivity contribution in [2.24, 2.45) is 0 Å². The van der Waals surface area contributed by atoms with Gasteiger partial charge in [0.05, 0.1) is 24.5 Å². The van der Waals surface area contributed by atoms with E-state index in [-0.39, 0.29) is 5.54 Å². The van der Waals surface area contributed by atoms with Gasteiger partial charge in [0.2, 0.25) is 0 Å². The minimum absolute atomic E-state index is 0.00714. The molecule has 5 heteroatoms. The molecule has 0 bridgehead atoms. The molecule has 0 saturated heterocycles. The summed E-state index contributed by atoms with van der Waals surface area (Å²) in [7, 11) is 1.64. The smallest absolute Gasteiger partial charge is 0.143 e. The zero-order valence-corrected chi connectivity index (χ0v) is 14.0. The summed E-state index contributed by atoms with van der Waals surface area (Å²) in [6, 6.07) is 3.83. The Bertz CT molecular complexity index is 629. The summed E-state index contributed by atoms with van der Waals surface area (Å²) >= 11 is 6.11. The highest BCUT2D eigenvalue weighted by Crippen LogP contribution is 2.31. The number of nitrogens with one attached hydrogen (secondary N) is 1. The van der Waals surface area contributed by atoms with Gasteiger partial charge in [-0.15, -0.1) is 0 Å². The lowest BCUT2D eigenvalue weighted by molar-refractivity contribution is 0.355. The van der Waals surface area contributed by atoms with Crippen LogP contribution in [-0.4, -0.2) is 16.9 Å². The topological polar surface area (TPSA) is 39.1 Å². The molecule has 0 atom stereocenters. The van der Waals surface area contributed by atoms with Gasteiger partial charge in [-0.05, 0) is 39.3 Å². The Morgan fingerprint density at radius 2 is 2.05 bits per heavy atom. The van der Waals surface area contributed by atoms with E-state index in [1.54, 1.807) is 7.11 Å². The van der Waals surface area contributed by atoms with E-state index in [1.165, 1.54) is 0 Å². The van der Waals surface area contributed by atoms with Gasteiger partial charge in [-0.2, -0.15) is 5.10 Å². The summed E-state index contributed by atoms with van der Waals surface area (Å²) < 4.78 is 7.33. The Kier molecular flexibility index (Phi) is 4.47. The maximum atomic E-state index is 6.11. The molecule has 0 spiro atoms. The number of benzene rings is 1. The SMILES string of the molecule is COc1cc(Cl)c(C)cc1NCc1cnn(C(C)(C)C)c1. The molecule has 1 heterocycles. The fourth-order valence-corrected chi connectivity index (χ4v) is 2.14. The fourth-order valence-electron chi connectivity index (χ4n) is 1.99. The van der Waals surface area contributed by atoms with E-state index in [0.717, 1.165) is 22.6 Å². The van der Waals surface area contributed by atoms with Crippen molar-refractivity contribution in [2.75, 3.05) is 12.4 Å². The van der Waals surface area contributed by atoms with Crippen molar-refractivity contribution in [1.82, 2.24) is 9.78 Å². The van der Waals surface area contributed by atoms with Gasteiger partial charge in [-0.3, -0.25) is 4.68 Å². The second-order valence-electron chi connectivity index (χ2n) is 6.12. The summed E-state index contributed by atoms with van der Waals surface area (Å²) in [5.74, 6) is 0.744. The molecule has 2 aromatic rings. The number of halogens is 1. The molecule has 0 aliphatic heterocycles. The Morgan fingerprint density at radius 1 is 1.33 bits per heavy atom. The van der Waals surface area contributed by atoms with Crippen LogP contribution >= 0.6 is 11.6 Å². The highest BCUT2D eigenvalue weighted by atomic mass is 35.5. The molecule has 1 aromatic heterocycles. The number of anilines is 1. The van der Waals surface area contributed by atoms with E-state index < -0.39 is 0 Å². The average molecular weight is 308 g/mol. The van der Waals surface area contributed by atoms with E-state index in [0.29, 0.717) is 11.6 Å². The highest BCUT2D eigenvalue weighted by Gasteiger charge is 2.14. The van der Waals surface area contributed by atoms with Crippen molar-refractivity contribution >= 4 is 17.3 Å². The number of hydrogen-bond acceptors (Lipinski definition) is 3. The standard InChI is InChI=1S/C16H22ClN3O/c1-11-6-14(15(21-5)7-13(11)17)18-8-12-9-19-20(10-12)16(2,3)4/h6-7,9-10,18H,8H2,1-5H3. The Labute approximate surface area is 131 Å². The van der Waals surface area contributed by atoms with Crippen LogP contribution in [0.1, 0.15) is 31.9 Å². The molecule has 114 valence electrons. The molecule has 0 saturated carbocycles. The van der Waals surface area contributed by atoms with E-state index in [1.807, 2.05) is 29.9 Å². The average Bonchev–Trinajstić information content (AvgIpc) is 2.88. The molecular formula is C16H22ClN3O. The van der Waals surface area contributed by atoms with Gasteiger partial charge in [0, 0.05) is 29.4 Å². The van der Waals surface area contributed by atoms with E-state index in [2.05, 4.69) is 37.4 Å². The largest absolute Gasteiger partial charge is 0.495 e. The number of methoxy groups -OCH3 is 1. The molecule has 0 unspecified atom stereocenters. The van der Waals surface area contributed by atoms with Gasteiger partial charge in [0.15, 0.2) is 0 Å². The van der Waals surface area contributed by atoms with Crippen molar-refractivity contribution in [3.63, 3.8) is 0 Å². The zero-order chi connectivity index (χ0) is 15.6. The molecule has 21 heavy (non-hydrogen) atoms. The fraction of sp³-hybridized carbons (Fsp3) is 0.438. The number of hydrogen-bond donors (Lipinski definition) is 1. The number of nitrogens with zero attached hydrogens (tertiary/aromatic N) is 2. The van der Waals surface area contributed by atoms with Crippen LogP contribution in [0, 0.1) is 6.92 Å². The number of ether oxygens (including phenoxy) is 1. The molecule has 0 aliphatic carbocycles. The third-order valence-electron chi connectivity index (χ3n) is 3.29. The van der Waals surface area contributed by atoms with Gasteiger partial charge >= 0.3 is 0 Å². The van der Waals surface area contributed by atoms with Crippen LogP contribution < -0.4 is 10.1 Å². The summed E-state index contributed by atoms with van der Waals surface area (Å²) in [6.45, 7) is 9.05. The molecule has 1 N–H and O–H groups in total. The Balaban J connectivity index is 2.13. The molecule has 4 nitrogen and oxygen atoms in total. The summed E-state index contributed by atoms with van der Waals surface area (Å²) in [5, 5.41) is 8.48. The third-order valence-corrected chi connectivity index (χ3v) is 3.69. The molecule has 2 rings (SSSR count). The first-order valence-corrected chi connectivity index (χ1v) is 7.31. The lowest BCUT2D eigenvalue weighted by Crippen LogP contribution is -2.21. The quantitative estimate of drug-likeness (QED) is 0.919. The van der Waals surface area contributed by atoms with E-state index >= 15 is 0 Å². The molecule has 0 fully saturated rings. The Hall–Kier alpha value is -1.68. The van der Waals surface area contributed by atoms with Gasteiger partial charge in [-0.1, -0.05) is 11.6 Å². The van der Waals surface area contributed by atoms with Crippen LogP contribution in [0.2, 0.25) is 5.02 Å². The monoisotopic (exact) mass is 307 g/mol. The first-order chi connectivity index (χ1) is 9.81. The first kappa shape index (κ1) is 15.7. The van der Waals surface area contributed by atoms with Gasteiger partial charge in [0.25, 0.3) is 0 Å². The van der Waals surface area contributed by atoms with Crippen LogP contribution in [0.25, 0.3) is 0 Å². The van der Waals surface area contributed by atoms with E-state index in [4.69, 9.17) is 16.3 Å². The minimum Gasteiger partial charge on any atom is -0.495 e. The van der Waals surface area contributed by atoms with Gasteiger partial charge in [-0.25, -0.2) is 0 Å². The second-order valence-corrected chi connectivity index (χ2v) is 6.53. The van der Waals surface area contributed by atoms with Crippen LogP contribution in [-0.2, 0) is 12.1 Å². The highest BCUT2D eigenvalue weighted by molar-refractivity contribution is 6.31. The zero-order valence-electron chi connectivity index (χ0n) is 13.2.